The SMILES string of the molecule is COc1ccc(N2CCN(c3nc(-c4ccncc4)cc(=O)n3C)CC2)cc1. The van der Waals surface area contributed by atoms with E-state index in [9.17, 15) is 4.79 Å². The normalized spacial score (nSPS) is 14.2. The summed E-state index contributed by atoms with van der Waals surface area (Å²) in [5, 5.41) is 0. The molecule has 1 aliphatic rings. The minimum atomic E-state index is -0.0607. The summed E-state index contributed by atoms with van der Waals surface area (Å²) in [6, 6.07) is 13.4. The van der Waals surface area contributed by atoms with Crippen molar-refractivity contribution in [1.29, 1.82) is 0 Å². The summed E-state index contributed by atoms with van der Waals surface area (Å²) in [6.07, 6.45) is 3.42. The Kier molecular flexibility index (Phi) is 4.97. The van der Waals surface area contributed by atoms with Crippen LogP contribution in [-0.2, 0) is 7.05 Å². The number of hydrogen-bond acceptors (Lipinski definition) is 6. The zero-order chi connectivity index (χ0) is 19.5. The Morgan fingerprint density at radius 1 is 0.929 bits per heavy atom. The first-order valence-corrected chi connectivity index (χ1v) is 9.28. The molecule has 3 heterocycles. The van der Waals surface area contributed by atoms with E-state index < -0.39 is 0 Å². The first-order valence-electron chi connectivity index (χ1n) is 9.28. The summed E-state index contributed by atoms with van der Waals surface area (Å²) < 4.78 is 6.85. The summed E-state index contributed by atoms with van der Waals surface area (Å²) >= 11 is 0. The highest BCUT2D eigenvalue weighted by Gasteiger charge is 2.21. The second-order valence-corrected chi connectivity index (χ2v) is 6.75. The van der Waals surface area contributed by atoms with Crippen LogP contribution in [0.3, 0.4) is 0 Å². The number of ether oxygens (including phenoxy) is 1. The highest BCUT2D eigenvalue weighted by molar-refractivity contribution is 5.60. The van der Waals surface area contributed by atoms with Crippen molar-refractivity contribution in [1.82, 2.24) is 14.5 Å². The number of aromatic nitrogens is 3. The molecular formula is C21H23N5O2. The lowest BCUT2D eigenvalue weighted by molar-refractivity contribution is 0.415. The van der Waals surface area contributed by atoms with E-state index in [1.165, 1.54) is 5.69 Å². The van der Waals surface area contributed by atoms with Gasteiger partial charge in [0, 0.05) is 62.9 Å². The monoisotopic (exact) mass is 377 g/mol. The van der Waals surface area contributed by atoms with Gasteiger partial charge in [-0.1, -0.05) is 0 Å². The topological polar surface area (TPSA) is 63.5 Å². The van der Waals surface area contributed by atoms with Gasteiger partial charge < -0.3 is 14.5 Å². The third-order valence-electron chi connectivity index (χ3n) is 5.09. The first kappa shape index (κ1) is 18.0. The van der Waals surface area contributed by atoms with Crippen LogP contribution >= 0.6 is 0 Å². The maximum Gasteiger partial charge on any atom is 0.255 e. The average Bonchev–Trinajstić information content (AvgIpc) is 2.76. The Bertz CT molecular complexity index is 994. The van der Waals surface area contributed by atoms with Gasteiger partial charge in [0.05, 0.1) is 12.8 Å². The lowest BCUT2D eigenvalue weighted by Gasteiger charge is -2.37. The van der Waals surface area contributed by atoms with E-state index in [1.54, 1.807) is 37.2 Å². The fourth-order valence-electron chi connectivity index (χ4n) is 3.44. The number of rotatable bonds is 4. The Labute approximate surface area is 163 Å². The third-order valence-corrected chi connectivity index (χ3v) is 5.09. The van der Waals surface area contributed by atoms with Crippen molar-refractivity contribution in [2.24, 2.45) is 7.05 Å². The molecule has 0 unspecified atom stereocenters. The average molecular weight is 377 g/mol. The van der Waals surface area contributed by atoms with Gasteiger partial charge in [-0.25, -0.2) is 4.98 Å². The predicted octanol–water partition coefficient (Wildman–Crippen LogP) is 2.18. The summed E-state index contributed by atoms with van der Waals surface area (Å²) in [5.41, 5.74) is 2.69. The van der Waals surface area contributed by atoms with E-state index in [0.717, 1.165) is 37.5 Å². The Hall–Kier alpha value is -3.35. The van der Waals surface area contributed by atoms with E-state index in [2.05, 4.69) is 26.9 Å². The molecule has 1 aromatic carbocycles. The molecule has 0 N–H and O–H groups in total. The number of pyridine rings is 1. The van der Waals surface area contributed by atoms with Crippen LogP contribution in [0.1, 0.15) is 0 Å². The Morgan fingerprint density at radius 2 is 1.57 bits per heavy atom. The quantitative estimate of drug-likeness (QED) is 0.694. The van der Waals surface area contributed by atoms with E-state index in [1.807, 2.05) is 24.3 Å². The zero-order valence-corrected chi connectivity index (χ0v) is 16.1. The number of benzene rings is 1. The van der Waals surface area contributed by atoms with Gasteiger partial charge in [-0.2, -0.15) is 0 Å². The minimum absolute atomic E-state index is 0.0607. The first-order chi connectivity index (χ1) is 13.7. The largest absolute Gasteiger partial charge is 0.497 e. The van der Waals surface area contributed by atoms with Gasteiger partial charge in [0.15, 0.2) is 0 Å². The zero-order valence-electron chi connectivity index (χ0n) is 16.1. The molecule has 0 atom stereocenters. The van der Waals surface area contributed by atoms with Crippen molar-refractivity contribution < 1.29 is 4.74 Å². The molecule has 0 aliphatic carbocycles. The minimum Gasteiger partial charge on any atom is -0.497 e. The standard InChI is InChI=1S/C21H23N5O2/c1-24-20(27)15-19(16-7-9-22-10-8-16)23-21(24)26-13-11-25(12-14-26)17-3-5-18(28-2)6-4-17/h3-10,15H,11-14H2,1-2H3. The molecule has 28 heavy (non-hydrogen) atoms. The van der Waals surface area contributed by atoms with Gasteiger partial charge >= 0.3 is 0 Å². The molecule has 0 radical (unpaired) electrons. The molecule has 3 aromatic rings. The maximum absolute atomic E-state index is 12.5. The van der Waals surface area contributed by atoms with E-state index in [0.29, 0.717) is 11.6 Å². The summed E-state index contributed by atoms with van der Waals surface area (Å²) in [7, 11) is 3.45. The maximum atomic E-state index is 12.5. The van der Waals surface area contributed by atoms with Crippen LogP contribution in [0.25, 0.3) is 11.3 Å². The third kappa shape index (κ3) is 3.55. The predicted molar refractivity (Wildman–Crippen MR) is 110 cm³/mol. The molecule has 0 spiro atoms. The fourth-order valence-corrected chi connectivity index (χ4v) is 3.44. The van der Waals surface area contributed by atoms with Crippen LogP contribution in [0.2, 0.25) is 0 Å². The lowest BCUT2D eigenvalue weighted by atomic mass is 10.2. The second kappa shape index (κ2) is 7.72. The molecule has 0 bridgehead atoms. The van der Waals surface area contributed by atoms with Crippen molar-refractivity contribution in [3.05, 3.63) is 65.2 Å². The summed E-state index contributed by atoms with van der Waals surface area (Å²) in [5.74, 6) is 1.56. The molecule has 0 amide bonds. The van der Waals surface area contributed by atoms with Crippen molar-refractivity contribution in [2.45, 2.75) is 0 Å². The Morgan fingerprint density at radius 3 is 2.21 bits per heavy atom. The van der Waals surface area contributed by atoms with E-state index in [-0.39, 0.29) is 5.56 Å². The van der Waals surface area contributed by atoms with Crippen molar-refractivity contribution in [3.63, 3.8) is 0 Å². The van der Waals surface area contributed by atoms with Gasteiger partial charge in [0.2, 0.25) is 5.95 Å². The molecule has 7 nitrogen and oxygen atoms in total. The van der Waals surface area contributed by atoms with Crippen LogP contribution in [0.15, 0.2) is 59.7 Å². The highest BCUT2D eigenvalue weighted by Crippen LogP contribution is 2.23. The number of nitrogens with zero attached hydrogens (tertiary/aromatic N) is 5. The van der Waals surface area contributed by atoms with E-state index >= 15 is 0 Å². The van der Waals surface area contributed by atoms with Crippen LogP contribution in [0.4, 0.5) is 11.6 Å². The van der Waals surface area contributed by atoms with Crippen molar-refractivity contribution in [2.75, 3.05) is 43.1 Å². The van der Waals surface area contributed by atoms with Crippen molar-refractivity contribution in [3.8, 4) is 17.0 Å². The number of piperazine rings is 1. The van der Waals surface area contributed by atoms with Gasteiger partial charge in [-0.05, 0) is 36.4 Å². The molecule has 1 aliphatic heterocycles. The Balaban J connectivity index is 1.54. The number of methoxy groups -OCH3 is 1. The molecule has 144 valence electrons. The highest BCUT2D eigenvalue weighted by atomic mass is 16.5. The molecule has 4 rings (SSSR count). The molecule has 0 saturated carbocycles. The molecular weight excluding hydrogens is 354 g/mol. The van der Waals surface area contributed by atoms with Gasteiger partial charge in [0.1, 0.15) is 5.75 Å². The van der Waals surface area contributed by atoms with Gasteiger partial charge in [0.25, 0.3) is 5.56 Å². The second-order valence-electron chi connectivity index (χ2n) is 6.75. The molecule has 2 aromatic heterocycles. The van der Waals surface area contributed by atoms with Crippen LogP contribution in [0.5, 0.6) is 5.75 Å². The number of hydrogen-bond donors (Lipinski definition) is 0. The van der Waals surface area contributed by atoms with Crippen molar-refractivity contribution >= 4 is 11.6 Å². The number of anilines is 2. The van der Waals surface area contributed by atoms with Gasteiger partial charge in [-0.3, -0.25) is 14.3 Å². The van der Waals surface area contributed by atoms with Crippen LogP contribution < -0.4 is 20.1 Å². The van der Waals surface area contributed by atoms with Crippen LogP contribution in [-0.4, -0.2) is 47.8 Å². The molecule has 1 fully saturated rings. The lowest BCUT2D eigenvalue weighted by Crippen LogP contribution is -2.48. The van der Waals surface area contributed by atoms with Gasteiger partial charge in [-0.15, -0.1) is 0 Å². The molecule has 7 heteroatoms. The smallest absolute Gasteiger partial charge is 0.255 e. The van der Waals surface area contributed by atoms with E-state index in [4.69, 9.17) is 9.72 Å². The summed E-state index contributed by atoms with van der Waals surface area (Å²) in [6.45, 7) is 3.32. The molecule has 1 saturated heterocycles. The summed E-state index contributed by atoms with van der Waals surface area (Å²) in [4.78, 5) is 25.8. The van der Waals surface area contributed by atoms with Crippen LogP contribution in [0, 0.1) is 0 Å². The fraction of sp³-hybridized carbons (Fsp3) is 0.286.